The molecule has 1 aliphatic rings. The molecule has 1 aromatic rings. The number of rotatable bonds is 1. The fourth-order valence-electron chi connectivity index (χ4n) is 1.94. The minimum atomic E-state index is -0.822. The molecule has 0 radical (unpaired) electrons. The Balaban J connectivity index is 0.000000980. The summed E-state index contributed by atoms with van der Waals surface area (Å²) in [7, 11) is 0. The molecule has 2 atom stereocenters. The van der Waals surface area contributed by atoms with Crippen LogP contribution < -0.4 is 5.73 Å². The first-order valence-corrected chi connectivity index (χ1v) is 4.26. The number of hydrogen-bond donors (Lipinski definition) is 2. The number of benzene rings is 1. The first kappa shape index (κ1) is 11.0. The summed E-state index contributed by atoms with van der Waals surface area (Å²) in [5, 5.41) is 8.95. The van der Waals surface area contributed by atoms with Crippen molar-refractivity contribution in [1.29, 1.82) is 0 Å². The molecule has 0 heterocycles. The van der Waals surface area contributed by atoms with Gasteiger partial charge < -0.3 is 10.8 Å². The molecular weight excluding hydrogens is 202 g/mol. The smallest absolute Gasteiger partial charge is 0.312 e. The average molecular weight is 214 g/mol. The number of carboxylic acids is 1. The Morgan fingerprint density at radius 1 is 1.43 bits per heavy atom. The first-order chi connectivity index (χ1) is 6.20. The van der Waals surface area contributed by atoms with E-state index < -0.39 is 11.9 Å². The highest BCUT2D eigenvalue weighted by atomic mass is 35.5. The Morgan fingerprint density at radius 2 is 2.07 bits per heavy atom. The fourth-order valence-corrected chi connectivity index (χ4v) is 1.94. The van der Waals surface area contributed by atoms with Crippen molar-refractivity contribution < 1.29 is 9.90 Å². The van der Waals surface area contributed by atoms with Crippen LogP contribution in [0.25, 0.3) is 0 Å². The highest BCUT2D eigenvalue weighted by Crippen LogP contribution is 2.31. The van der Waals surface area contributed by atoms with E-state index in [4.69, 9.17) is 10.8 Å². The van der Waals surface area contributed by atoms with E-state index in [-0.39, 0.29) is 18.4 Å². The van der Waals surface area contributed by atoms with Gasteiger partial charge in [0.15, 0.2) is 0 Å². The van der Waals surface area contributed by atoms with Crippen molar-refractivity contribution in [1.82, 2.24) is 0 Å². The summed E-state index contributed by atoms with van der Waals surface area (Å²) in [6.45, 7) is 0. The largest absolute Gasteiger partial charge is 0.481 e. The van der Waals surface area contributed by atoms with Crippen molar-refractivity contribution in [2.45, 2.75) is 18.4 Å². The number of fused-ring (bicyclic) bond motifs is 1. The van der Waals surface area contributed by atoms with Crippen LogP contribution in [-0.2, 0) is 11.2 Å². The van der Waals surface area contributed by atoms with Gasteiger partial charge in [-0.25, -0.2) is 0 Å². The van der Waals surface area contributed by atoms with Gasteiger partial charge in [-0.3, -0.25) is 4.79 Å². The van der Waals surface area contributed by atoms with Crippen LogP contribution in [0.2, 0.25) is 0 Å². The van der Waals surface area contributed by atoms with E-state index in [2.05, 4.69) is 0 Å². The van der Waals surface area contributed by atoms with Crippen LogP contribution in [-0.4, -0.2) is 17.1 Å². The van der Waals surface area contributed by atoms with Crippen molar-refractivity contribution >= 4 is 18.4 Å². The van der Waals surface area contributed by atoms with Gasteiger partial charge in [0, 0.05) is 6.04 Å². The monoisotopic (exact) mass is 213 g/mol. The molecule has 0 fully saturated rings. The summed E-state index contributed by atoms with van der Waals surface area (Å²) in [6, 6.07) is 7.29. The lowest BCUT2D eigenvalue weighted by Gasteiger charge is -2.10. The molecule has 0 amide bonds. The number of carbonyl (C=O) groups is 1. The number of aliphatic carboxylic acids is 1. The molecular formula is C10H12ClNO2. The summed E-state index contributed by atoms with van der Waals surface area (Å²) in [4.78, 5) is 10.9. The highest BCUT2D eigenvalue weighted by Gasteiger charge is 2.34. The molecule has 3 nitrogen and oxygen atoms in total. The number of hydrogen-bond acceptors (Lipinski definition) is 2. The minimum absolute atomic E-state index is 0. The predicted molar refractivity (Wildman–Crippen MR) is 55.7 cm³/mol. The maximum atomic E-state index is 10.9. The van der Waals surface area contributed by atoms with Gasteiger partial charge in [-0.15, -0.1) is 12.4 Å². The van der Waals surface area contributed by atoms with Gasteiger partial charge >= 0.3 is 5.97 Å². The third-order valence-electron chi connectivity index (χ3n) is 2.54. The SMILES string of the molecule is Cl.NC1Cc2ccccc2C1C(=O)O. The Hall–Kier alpha value is -1.06. The van der Waals surface area contributed by atoms with Gasteiger partial charge in [0.25, 0.3) is 0 Å². The van der Waals surface area contributed by atoms with Crippen LogP contribution in [0.3, 0.4) is 0 Å². The van der Waals surface area contributed by atoms with Crippen molar-refractivity contribution in [2.75, 3.05) is 0 Å². The number of carboxylic acid groups (broad SMARTS) is 1. The second-order valence-electron chi connectivity index (χ2n) is 3.38. The Kier molecular flexibility index (Phi) is 3.13. The van der Waals surface area contributed by atoms with Crippen LogP contribution >= 0.6 is 12.4 Å². The van der Waals surface area contributed by atoms with E-state index in [9.17, 15) is 4.79 Å². The lowest BCUT2D eigenvalue weighted by Crippen LogP contribution is -2.30. The first-order valence-electron chi connectivity index (χ1n) is 4.26. The molecule has 0 aromatic heterocycles. The molecule has 0 saturated heterocycles. The van der Waals surface area contributed by atoms with Crippen LogP contribution in [0.4, 0.5) is 0 Å². The van der Waals surface area contributed by atoms with Crippen LogP contribution in [0, 0.1) is 0 Å². The molecule has 4 heteroatoms. The third kappa shape index (κ3) is 1.61. The van der Waals surface area contributed by atoms with E-state index in [0.717, 1.165) is 11.1 Å². The molecule has 0 spiro atoms. The normalized spacial score (nSPS) is 23.8. The zero-order chi connectivity index (χ0) is 9.42. The quantitative estimate of drug-likeness (QED) is 0.736. The van der Waals surface area contributed by atoms with Crippen molar-refractivity contribution in [3.8, 4) is 0 Å². The van der Waals surface area contributed by atoms with E-state index in [1.165, 1.54) is 0 Å². The zero-order valence-corrected chi connectivity index (χ0v) is 8.33. The van der Waals surface area contributed by atoms with Crippen LogP contribution in [0.15, 0.2) is 24.3 Å². The molecule has 1 aliphatic carbocycles. The van der Waals surface area contributed by atoms with Crippen LogP contribution in [0.1, 0.15) is 17.0 Å². The third-order valence-corrected chi connectivity index (χ3v) is 2.54. The molecule has 14 heavy (non-hydrogen) atoms. The highest BCUT2D eigenvalue weighted by molar-refractivity contribution is 5.85. The maximum Gasteiger partial charge on any atom is 0.312 e. The van der Waals surface area contributed by atoms with Crippen molar-refractivity contribution in [3.63, 3.8) is 0 Å². The summed E-state index contributed by atoms with van der Waals surface area (Å²) >= 11 is 0. The van der Waals surface area contributed by atoms with Gasteiger partial charge in [0.1, 0.15) is 0 Å². The van der Waals surface area contributed by atoms with Gasteiger partial charge in [-0.05, 0) is 17.5 Å². The second-order valence-corrected chi connectivity index (χ2v) is 3.38. The zero-order valence-electron chi connectivity index (χ0n) is 7.51. The molecule has 0 bridgehead atoms. The van der Waals surface area contributed by atoms with E-state index in [1.807, 2.05) is 24.3 Å². The summed E-state index contributed by atoms with van der Waals surface area (Å²) in [5.74, 6) is -1.34. The number of halogens is 1. The summed E-state index contributed by atoms with van der Waals surface area (Å²) in [6.07, 6.45) is 0.674. The molecule has 2 rings (SSSR count). The molecule has 76 valence electrons. The van der Waals surface area contributed by atoms with Crippen molar-refractivity contribution in [3.05, 3.63) is 35.4 Å². The van der Waals surface area contributed by atoms with Crippen molar-refractivity contribution in [2.24, 2.45) is 5.73 Å². The van der Waals surface area contributed by atoms with E-state index >= 15 is 0 Å². The fraction of sp³-hybridized carbons (Fsp3) is 0.300. The lowest BCUT2D eigenvalue weighted by atomic mass is 9.99. The summed E-state index contributed by atoms with van der Waals surface area (Å²) in [5.41, 5.74) is 7.70. The van der Waals surface area contributed by atoms with Gasteiger partial charge in [0.2, 0.25) is 0 Å². The Morgan fingerprint density at radius 3 is 2.71 bits per heavy atom. The van der Waals surface area contributed by atoms with Gasteiger partial charge in [-0.1, -0.05) is 24.3 Å². The average Bonchev–Trinajstić information content (AvgIpc) is 2.39. The molecule has 1 aromatic carbocycles. The number of nitrogens with two attached hydrogens (primary N) is 1. The Labute approximate surface area is 88.3 Å². The van der Waals surface area contributed by atoms with Gasteiger partial charge in [-0.2, -0.15) is 0 Å². The van der Waals surface area contributed by atoms with E-state index in [1.54, 1.807) is 0 Å². The minimum Gasteiger partial charge on any atom is -0.481 e. The maximum absolute atomic E-state index is 10.9. The Bertz CT molecular complexity index is 354. The second kappa shape index (κ2) is 3.98. The van der Waals surface area contributed by atoms with Gasteiger partial charge in [0.05, 0.1) is 5.92 Å². The lowest BCUT2D eigenvalue weighted by molar-refractivity contribution is -0.139. The summed E-state index contributed by atoms with van der Waals surface area (Å²) < 4.78 is 0. The standard InChI is InChI=1S/C10H11NO2.ClH/c11-8-5-6-3-1-2-4-7(6)9(8)10(12)13;/h1-4,8-9H,5,11H2,(H,12,13);1H. The molecule has 0 aliphatic heterocycles. The van der Waals surface area contributed by atoms with Crippen LogP contribution in [0.5, 0.6) is 0 Å². The predicted octanol–water partition coefficient (Wildman–Crippen LogP) is 1.16. The van der Waals surface area contributed by atoms with E-state index in [0.29, 0.717) is 6.42 Å². The molecule has 0 saturated carbocycles. The molecule has 3 N–H and O–H groups in total. The molecule has 2 unspecified atom stereocenters. The topological polar surface area (TPSA) is 63.3 Å².